The van der Waals surface area contributed by atoms with Gasteiger partial charge in [-0.05, 0) is 61.4 Å². The van der Waals surface area contributed by atoms with Crippen molar-refractivity contribution in [3.63, 3.8) is 0 Å². The maximum absolute atomic E-state index is 12.5. The van der Waals surface area contributed by atoms with Crippen LogP contribution in [0, 0.1) is 13.8 Å². The first-order valence-corrected chi connectivity index (χ1v) is 9.46. The first kappa shape index (κ1) is 20.4. The van der Waals surface area contributed by atoms with Crippen LogP contribution in [0.5, 0.6) is 5.75 Å². The van der Waals surface area contributed by atoms with Crippen LogP contribution in [0.2, 0.25) is 5.02 Å². The average molecular weight is 409 g/mol. The number of hydrogen-bond acceptors (Lipinski definition) is 3. The largest absolute Gasteiger partial charge is 0.483 e. The molecular formula is C23H21ClN2O3. The van der Waals surface area contributed by atoms with Crippen molar-refractivity contribution in [1.82, 2.24) is 0 Å². The standard InChI is InChI=1S/C23H21ClN2O3/c1-15-6-3-7-16(2)22(15)29-14-21(27)25-19-10-4-8-17(12-19)23(28)26-20-11-5-9-18(24)13-20/h3-13H,14H2,1-2H3,(H,25,27)(H,26,28). The van der Waals surface area contributed by atoms with Crippen molar-refractivity contribution in [3.8, 4) is 5.75 Å². The third-order valence-corrected chi connectivity index (χ3v) is 4.48. The van der Waals surface area contributed by atoms with Crippen molar-refractivity contribution in [2.45, 2.75) is 13.8 Å². The number of amides is 2. The van der Waals surface area contributed by atoms with Crippen molar-refractivity contribution < 1.29 is 14.3 Å². The zero-order chi connectivity index (χ0) is 20.8. The minimum absolute atomic E-state index is 0.120. The molecule has 3 aromatic carbocycles. The second kappa shape index (κ2) is 9.26. The number of para-hydroxylation sites is 1. The minimum Gasteiger partial charge on any atom is -0.483 e. The van der Waals surface area contributed by atoms with E-state index in [0.717, 1.165) is 11.1 Å². The molecular weight excluding hydrogens is 388 g/mol. The Morgan fingerprint density at radius 3 is 2.17 bits per heavy atom. The summed E-state index contributed by atoms with van der Waals surface area (Å²) < 4.78 is 5.67. The van der Waals surface area contributed by atoms with E-state index < -0.39 is 0 Å². The fraction of sp³-hybridized carbons (Fsp3) is 0.130. The summed E-state index contributed by atoms with van der Waals surface area (Å²) in [5, 5.41) is 6.07. The van der Waals surface area contributed by atoms with Crippen LogP contribution in [-0.2, 0) is 4.79 Å². The molecule has 0 saturated carbocycles. The summed E-state index contributed by atoms with van der Waals surface area (Å²) in [7, 11) is 0. The van der Waals surface area contributed by atoms with E-state index in [4.69, 9.17) is 16.3 Å². The number of anilines is 2. The van der Waals surface area contributed by atoms with Crippen LogP contribution in [-0.4, -0.2) is 18.4 Å². The first-order chi connectivity index (χ1) is 13.9. The van der Waals surface area contributed by atoms with E-state index in [2.05, 4.69) is 10.6 Å². The van der Waals surface area contributed by atoms with E-state index in [-0.39, 0.29) is 18.4 Å². The molecule has 3 aromatic rings. The summed E-state index contributed by atoms with van der Waals surface area (Å²) in [6, 6.07) is 19.4. The molecule has 0 spiro atoms. The lowest BCUT2D eigenvalue weighted by Crippen LogP contribution is -2.21. The van der Waals surface area contributed by atoms with Crippen LogP contribution in [0.1, 0.15) is 21.5 Å². The molecule has 5 nitrogen and oxygen atoms in total. The van der Waals surface area contributed by atoms with Gasteiger partial charge >= 0.3 is 0 Å². The number of rotatable bonds is 6. The van der Waals surface area contributed by atoms with Gasteiger partial charge in [-0.3, -0.25) is 9.59 Å². The van der Waals surface area contributed by atoms with Crippen molar-refractivity contribution in [1.29, 1.82) is 0 Å². The minimum atomic E-state index is -0.306. The summed E-state index contributed by atoms with van der Waals surface area (Å²) in [6.45, 7) is 3.75. The van der Waals surface area contributed by atoms with Crippen LogP contribution in [0.25, 0.3) is 0 Å². The fourth-order valence-electron chi connectivity index (χ4n) is 2.87. The summed E-state index contributed by atoms with van der Waals surface area (Å²) in [4.78, 5) is 24.7. The lowest BCUT2D eigenvalue weighted by Gasteiger charge is -2.12. The Hall–Kier alpha value is -3.31. The number of carbonyl (C=O) groups excluding carboxylic acids is 2. The lowest BCUT2D eigenvalue weighted by atomic mass is 10.1. The molecule has 0 aliphatic carbocycles. The van der Waals surface area contributed by atoms with E-state index in [9.17, 15) is 9.59 Å². The van der Waals surface area contributed by atoms with Crippen molar-refractivity contribution in [2.75, 3.05) is 17.2 Å². The van der Waals surface area contributed by atoms with E-state index in [1.165, 1.54) is 0 Å². The first-order valence-electron chi connectivity index (χ1n) is 9.08. The van der Waals surface area contributed by atoms with E-state index >= 15 is 0 Å². The molecule has 0 aromatic heterocycles. The number of hydrogen-bond donors (Lipinski definition) is 2. The molecule has 0 heterocycles. The Morgan fingerprint density at radius 2 is 1.48 bits per heavy atom. The molecule has 3 rings (SSSR count). The molecule has 0 fully saturated rings. The normalized spacial score (nSPS) is 10.3. The molecule has 0 atom stereocenters. The molecule has 0 aliphatic heterocycles. The molecule has 0 unspecified atom stereocenters. The highest BCUT2D eigenvalue weighted by Crippen LogP contribution is 2.22. The Kier molecular flexibility index (Phi) is 6.52. The summed E-state index contributed by atoms with van der Waals surface area (Å²) in [5.41, 5.74) is 3.46. The SMILES string of the molecule is Cc1cccc(C)c1OCC(=O)Nc1cccc(C(=O)Nc2cccc(Cl)c2)c1. The van der Waals surface area contributed by atoms with Gasteiger partial charge in [0.05, 0.1) is 0 Å². The van der Waals surface area contributed by atoms with E-state index in [0.29, 0.717) is 27.7 Å². The van der Waals surface area contributed by atoms with Gasteiger partial charge in [0, 0.05) is 22.0 Å². The van der Waals surface area contributed by atoms with E-state index in [1.54, 1.807) is 48.5 Å². The van der Waals surface area contributed by atoms with Gasteiger partial charge in [-0.15, -0.1) is 0 Å². The quantitative estimate of drug-likeness (QED) is 0.587. The Morgan fingerprint density at radius 1 is 0.862 bits per heavy atom. The van der Waals surface area contributed by atoms with Gasteiger partial charge in [0.25, 0.3) is 11.8 Å². The highest BCUT2D eigenvalue weighted by Gasteiger charge is 2.10. The van der Waals surface area contributed by atoms with Gasteiger partial charge in [-0.1, -0.05) is 41.9 Å². The van der Waals surface area contributed by atoms with Crippen molar-refractivity contribution in [3.05, 3.63) is 88.4 Å². The monoisotopic (exact) mass is 408 g/mol. The molecule has 6 heteroatoms. The third-order valence-electron chi connectivity index (χ3n) is 4.25. The molecule has 0 aliphatic rings. The number of benzene rings is 3. The van der Waals surface area contributed by atoms with Gasteiger partial charge in [-0.25, -0.2) is 0 Å². The predicted molar refractivity (Wildman–Crippen MR) is 116 cm³/mol. The van der Waals surface area contributed by atoms with E-state index in [1.807, 2.05) is 32.0 Å². The summed E-state index contributed by atoms with van der Waals surface area (Å²) in [6.07, 6.45) is 0. The number of aryl methyl sites for hydroxylation is 2. The third kappa shape index (κ3) is 5.59. The molecule has 29 heavy (non-hydrogen) atoms. The maximum Gasteiger partial charge on any atom is 0.262 e. The highest BCUT2D eigenvalue weighted by molar-refractivity contribution is 6.31. The number of nitrogens with one attached hydrogen (secondary N) is 2. The van der Waals surface area contributed by atoms with Crippen LogP contribution in [0.4, 0.5) is 11.4 Å². The van der Waals surface area contributed by atoms with Crippen LogP contribution in [0.15, 0.2) is 66.7 Å². The van der Waals surface area contributed by atoms with Crippen LogP contribution in [0.3, 0.4) is 0 Å². The van der Waals surface area contributed by atoms with Crippen LogP contribution < -0.4 is 15.4 Å². The van der Waals surface area contributed by atoms with Gasteiger partial charge in [-0.2, -0.15) is 0 Å². The molecule has 0 bridgehead atoms. The Labute approximate surface area is 174 Å². The van der Waals surface area contributed by atoms with Gasteiger partial charge in [0.1, 0.15) is 5.75 Å². The highest BCUT2D eigenvalue weighted by atomic mass is 35.5. The fourth-order valence-corrected chi connectivity index (χ4v) is 3.06. The smallest absolute Gasteiger partial charge is 0.262 e. The number of halogens is 1. The zero-order valence-corrected chi connectivity index (χ0v) is 16.9. The molecule has 2 amide bonds. The van der Waals surface area contributed by atoms with Crippen molar-refractivity contribution in [2.24, 2.45) is 0 Å². The Balaban J connectivity index is 1.61. The average Bonchev–Trinajstić information content (AvgIpc) is 2.68. The topological polar surface area (TPSA) is 67.4 Å². The lowest BCUT2D eigenvalue weighted by molar-refractivity contribution is -0.118. The second-order valence-electron chi connectivity index (χ2n) is 6.60. The maximum atomic E-state index is 12.5. The van der Waals surface area contributed by atoms with Gasteiger partial charge in [0.15, 0.2) is 6.61 Å². The molecule has 148 valence electrons. The molecule has 0 radical (unpaired) electrons. The van der Waals surface area contributed by atoms with Gasteiger partial charge in [0.2, 0.25) is 0 Å². The number of carbonyl (C=O) groups is 2. The van der Waals surface area contributed by atoms with Gasteiger partial charge < -0.3 is 15.4 Å². The summed E-state index contributed by atoms with van der Waals surface area (Å²) >= 11 is 5.94. The zero-order valence-electron chi connectivity index (χ0n) is 16.2. The summed E-state index contributed by atoms with van der Waals surface area (Å²) in [5.74, 6) is 0.104. The number of ether oxygens (including phenoxy) is 1. The molecule has 0 saturated heterocycles. The Bertz CT molecular complexity index is 1030. The van der Waals surface area contributed by atoms with Crippen molar-refractivity contribution >= 4 is 34.8 Å². The predicted octanol–water partition coefficient (Wildman–Crippen LogP) is 5.23. The second-order valence-corrected chi connectivity index (χ2v) is 7.04. The molecule has 2 N–H and O–H groups in total. The van der Waals surface area contributed by atoms with Crippen LogP contribution >= 0.6 is 11.6 Å².